The first kappa shape index (κ1) is 17.1. The molecule has 0 saturated carbocycles. The summed E-state index contributed by atoms with van der Waals surface area (Å²) in [5, 5.41) is 0.349. The number of hydrogen-bond acceptors (Lipinski definition) is 5. The summed E-state index contributed by atoms with van der Waals surface area (Å²) < 4.78 is 6.97. The van der Waals surface area contributed by atoms with Crippen molar-refractivity contribution in [1.82, 2.24) is 14.4 Å². The molecule has 0 aliphatic rings. The van der Waals surface area contributed by atoms with E-state index in [2.05, 4.69) is 14.8 Å². The highest BCUT2D eigenvalue weighted by atomic mass is 35.5. The Morgan fingerprint density at radius 1 is 1.16 bits per heavy atom. The molecule has 0 unspecified atom stereocenters. The van der Waals surface area contributed by atoms with Crippen molar-refractivity contribution in [3.63, 3.8) is 0 Å². The van der Waals surface area contributed by atoms with Crippen LogP contribution in [0.4, 0.5) is 11.6 Å². The maximum Gasteiger partial charge on any atom is 0.239 e. The highest BCUT2D eigenvalue weighted by molar-refractivity contribution is 6.30. The molecule has 0 aromatic carbocycles. The van der Waals surface area contributed by atoms with Gasteiger partial charge in [0.2, 0.25) is 12.3 Å². The van der Waals surface area contributed by atoms with Crippen molar-refractivity contribution in [1.29, 1.82) is 0 Å². The second kappa shape index (κ2) is 7.45. The van der Waals surface area contributed by atoms with Crippen LogP contribution < -0.4 is 11.5 Å². The van der Waals surface area contributed by atoms with Crippen LogP contribution in [0.25, 0.3) is 22.1 Å². The van der Waals surface area contributed by atoms with Gasteiger partial charge in [0.05, 0.1) is 6.26 Å². The maximum absolute atomic E-state index is 6.78. The Labute approximate surface area is 150 Å². The predicted molar refractivity (Wildman–Crippen MR) is 98.2 cm³/mol. The first-order valence-corrected chi connectivity index (χ1v) is 8.50. The van der Waals surface area contributed by atoms with Crippen LogP contribution in [0.2, 0.25) is 5.15 Å². The molecule has 0 amide bonds. The molecule has 0 aliphatic heterocycles. The Morgan fingerprint density at radius 3 is 2.68 bits per heavy atom. The first-order valence-electron chi connectivity index (χ1n) is 8.12. The number of nitrogens with two attached hydrogens (primary N) is 2. The maximum atomic E-state index is 6.78. The van der Waals surface area contributed by atoms with Gasteiger partial charge in [0.15, 0.2) is 11.5 Å². The molecular weight excluding hydrogens is 340 g/mol. The third kappa shape index (κ3) is 3.39. The average Bonchev–Trinajstić information content (AvgIpc) is 3.21. The first-order chi connectivity index (χ1) is 12.1. The summed E-state index contributed by atoms with van der Waals surface area (Å²) in [4.78, 5) is 12.1. The van der Waals surface area contributed by atoms with Gasteiger partial charge in [-0.25, -0.2) is 16.0 Å². The van der Waals surface area contributed by atoms with Gasteiger partial charge in [0.1, 0.15) is 16.8 Å². The predicted octanol–water partition coefficient (Wildman–Crippen LogP) is 3.83. The van der Waals surface area contributed by atoms with Crippen molar-refractivity contribution in [3.8, 4) is 11.5 Å². The van der Waals surface area contributed by atoms with Crippen LogP contribution in [0.15, 0.2) is 22.8 Å². The zero-order chi connectivity index (χ0) is 17.8. The Bertz CT molecular complexity index is 910. The van der Waals surface area contributed by atoms with Crippen LogP contribution in [0.1, 0.15) is 31.2 Å². The fraction of sp³-hybridized carbons (Fsp3) is 0.353. The van der Waals surface area contributed by atoms with Crippen LogP contribution >= 0.6 is 11.6 Å². The van der Waals surface area contributed by atoms with Gasteiger partial charge in [-0.3, -0.25) is 0 Å². The number of anilines is 2. The number of furan rings is 1. The molecule has 3 heterocycles. The van der Waals surface area contributed by atoms with Gasteiger partial charge < -0.3 is 20.7 Å². The van der Waals surface area contributed by atoms with Crippen LogP contribution in [0, 0.1) is 6.57 Å². The molecule has 25 heavy (non-hydrogen) atoms. The Hall–Kier alpha value is -2.72. The standard InChI is InChI=1S/C17H19ClN6O/c1-21-9-5-3-2-4-7-11-14(18)23-17-22-13(12-8-6-10-25-12)16(20)24(17)15(11)19/h6,8,10H,2-5,7,9,19-20H2. The molecule has 130 valence electrons. The molecule has 0 aliphatic carbocycles. The van der Waals surface area contributed by atoms with Gasteiger partial charge in [-0.15, -0.1) is 0 Å². The molecule has 3 rings (SSSR count). The van der Waals surface area contributed by atoms with Crippen LogP contribution in [-0.4, -0.2) is 20.9 Å². The fourth-order valence-electron chi connectivity index (χ4n) is 2.80. The Balaban J connectivity index is 1.85. The number of unbranched alkanes of at least 4 members (excludes halogenated alkanes) is 3. The van der Waals surface area contributed by atoms with E-state index in [0.29, 0.717) is 47.0 Å². The molecule has 3 aromatic rings. The quantitative estimate of drug-likeness (QED) is 0.380. The Kier molecular flexibility index (Phi) is 5.10. The summed E-state index contributed by atoms with van der Waals surface area (Å²) in [7, 11) is 0. The minimum Gasteiger partial charge on any atom is -0.463 e. The number of nitrogen functional groups attached to an aromatic ring is 2. The van der Waals surface area contributed by atoms with Crippen molar-refractivity contribution in [3.05, 3.63) is 40.5 Å². The van der Waals surface area contributed by atoms with Gasteiger partial charge in [-0.2, -0.15) is 4.98 Å². The summed E-state index contributed by atoms with van der Waals surface area (Å²) in [5.74, 6) is 1.75. The van der Waals surface area contributed by atoms with E-state index < -0.39 is 0 Å². The van der Waals surface area contributed by atoms with E-state index in [9.17, 15) is 0 Å². The largest absolute Gasteiger partial charge is 0.463 e. The van der Waals surface area contributed by atoms with Gasteiger partial charge in [0, 0.05) is 12.0 Å². The Morgan fingerprint density at radius 2 is 1.96 bits per heavy atom. The molecule has 4 N–H and O–H groups in total. The average molecular weight is 359 g/mol. The molecular formula is C17H19ClN6O. The monoisotopic (exact) mass is 358 g/mol. The second-order valence-electron chi connectivity index (χ2n) is 5.77. The number of hydrogen-bond donors (Lipinski definition) is 2. The molecule has 3 aromatic heterocycles. The lowest BCUT2D eigenvalue weighted by Gasteiger charge is -2.10. The summed E-state index contributed by atoms with van der Waals surface area (Å²) in [5.41, 5.74) is 13.8. The summed E-state index contributed by atoms with van der Waals surface area (Å²) in [6.07, 6.45) is 6.15. The number of aromatic nitrogens is 3. The molecule has 0 radical (unpaired) electrons. The van der Waals surface area contributed by atoms with E-state index >= 15 is 0 Å². The molecule has 0 saturated heterocycles. The minimum atomic E-state index is 0.349. The molecule has 0 fully saturated rings. The van der Waals surface area contributed by atoms with E-state index in [4.69, 9.17) is 34.1 Å². The van der Waals surface area contributed by atoms with E-state index in [0.717, 1.165) is 31.2 Å². The molecule has 0 bridgehead atoms. The number of imidazole rings is 1. The number of nitrogens with zero attached hydrogens (tertiary/aromatic N) is 4. The smallest absolute Gasteiger partial charge is 0.239 e. The third-order valence-electron chi connectivity index (χ3n) is 4.09. The lowest BCUT2D eigenvalue weighted by atomic mass is 10.1. The van der Waals surface area contributed by atoms with Gasteiger partial charge in [-0.1, -0.05) is 18.0 Å². The summed E-state index contributed by atoms with van der Waals surface area (Å²) >= 11 is 6.31. The zero-order valence-electron chi connectivity index (χ0n) is 13.7. The van der Waals surface area contributed by atoms with E-state index in [1.54, 1.807) is 22.8 Å². The highest BCUT2D eigenvalue weighted by Gasteiger charge is 2.20. The molecule has 0 spiro atoms. The normalized spacial score (nSPS) is 11.0. The number of halogens is 1. The van der Waals surface area contributed by atoms with Crippen LogP contribution in [-0.2, 0) is 6.42 Å². The van der Waals surface area contributed by atoms with Crippen molar-refractivity contribution in [2.24, 2.45) is 0 Å². The fourth-order valence-corrected chi connectivity index (χ4v) is 3.07. The summed E-state index contributed by atoms with van der Waals surface area (Å²) in [6.45, 7) is 7.36. The van der Waals surface area contributed by atoms with Crippen molar-refractivity contribution < 1.29 is 4.42 Å². The minimum absolute atomic E-state index is 0.349. The lowest BCUT2D eigenvalue weighted by molar-refractivity contribution is 0.581. The zero-order valence-corrected chi connectivity index (χ0v) is 14.5. The SMILES string of the molecule is [C-]#[N+]CCCCCCc1c(Cl)nc2nc(-c3ccco3)c(N)n2c1N. The van der Waals surface area contributed by atoms with E-state index in [-0.39, 0.29) is 0 Å². The van der Waals surface area contributed by atoms with Gasteiger partial charge in [0.25, 0.3) is 0 Å². The van der Waals surface area contributed by atoms with Gasteiger partial charge in [-0.05, 0) is 31.4 Å². The molecule has 8 heteroatoms. The van der Waals surface area contributed by atoms with Crippen LogP contribution in [0.5, 0.6) is 0 Å². The number of fused-ring (bicyclic) bond motifs is 1. The molecule has 0 atom stereocenters. The van der Waals surface area contributed by atoms with E-state index in [1.165, 1.54) is 0 Å². The van der Waals surface area contributed by atoms with Crippen LogP contribution in [0.3, 0.4) is 0 Å². The molecule has 7 nitrogen and oxygen atoms in total. The number of rotatable bonds is 7. The third-order valence-corrected chi connectivity index (χ3v) is 4.41. The van der Waals surface area contributed by atoms with Crippen molar-refractivity contribution >= 4 is 29.0 Å². The highest BCUT2D eigenvalue weighted by Crippen LogP contribution is 2.31. The topological polar surface area (TPSA) is 99.7 Å². The summed E-state index contributed by atoms with van der Waals surface area (Å²) in [6, 6.07) is 3.54. The second-order valence-corrected chi connectivity index (χ2v) is 6.13. The lowest BCUT2D eigenvalue weighted by Crippen LogP contribution is -2.08. The van der Waals surface area contributed by atoms with Crippen molar-refractivity contribution in [2.45, 2.75) is 32.1 Å². The van der Waals surface area contributed by atoms with Crippen molar-refractivity contribution in [2.75, 3.05) is 18.0 Å². The van der Waals surface area contributed by atoms with E-state index in [1.807, 2.05) is 0 Å². The van der Waals surface area contributed by atoms with Gasteiger partial charge >= 0.3 is 0 Å².